The number of para-hydroxylation sites is 1. The molecule has 3 rings (SSSR count). The Bertz CT molecular complexity index is 482. The van der Waals surface area contributed by atoms with Crippen LogP contribution in [0, 0.1) is 6.92 Å². The molecule has 0 aromatic heterocycles. The highest BCUT2D eigenvalue weighted by Gasteiger charge is 2.43. The number of rotatable bonds is 0. The van der Waals surface area contributed by atoms with Crippen molar-refractivity contribution >= 4 is 11.5 Å². The molecule has 1 aliphatic carbocycles. The van der Waals surface area contributed by atoms with E-state index in [0.29, 0.717) is 0 Å². The second-order valence-electron chi connectivity index (χ2n) is 5.43. The average molecular weight is 228 g/mol. The van der Waals surface area contributed by atoms with Crippen LogP contribution in [0.15, 0.2) is 23.2 Å². The Labute approximate surface area is 103 Å². The number of aryl methyl sites for hydroxylation is 1. The zero-order valence-corrected chi connectivity index (χ0v) is 11.0. The topological polar surface area (TPSA) is 15.6 Å². The van der Waals surface area contributed by atoms with E-state index in [0.717, 1.165) is 5.84 Å². The van der Waals surface area contributed by atoms with E-state index in [1.807, 2.05) is 0 Å². The Morgan fingerprint density at radius 2 is 1.88 bits per heavy atom. The monoisotopic (exact) mass is 228 g/mol. The molecule has 0 amide bonds. The molecule has 90 valence electrons. The Hall–Kier alpha value is -1.31. The third-order valence-electron chi connectivity index (χ3n) is 4.57. The molecule has 1 aromatic rings. The maximum Gasteiger partial charge on any atom is 0.102 e. The van der Waals surface area contributed by atoms with Crippen LogP contribution in [0.2, 0.25) is 0 Å². The van der Waals surface area contributed by atoms with Crippen molar-refractivity contribution in [3.8, 4) is 0 Å². The normalized spacial score (nSPS) is 21.6. The molecule has 0 saturated heterocycles. The third-order valence-corrected chi connectivity index (χ3v) is 4.57. The number of aliphatic imine (C=N–C) groups is 1. The SMILES string of the molecule is CC1=Nc2c(C)cccc2C2(CCCC2)N1C. The lowest BCUT2D eigenvalue weighted by Gasteiger charge is -2.44. The van der Waals surface area contributed by atoms with Gasteiger partial charge in [0.2, 0.25) is 0 Å². The first-order valence-electron chi connectivity index (χ1n) is 6.54. The minimum Gasteiger partial charge on any atom is -0.354 e. The second kappa shape index (κ2) is 3.59. The van der Waals surface area contributed by atoms with Crippen molar-refractivity contribution in [2.45, 2.75) is 45.1 Å². The van der Waals surface area contributed by atoms with Crippen LogP contribution < -0.4 is 0 Å². The molecule has 1 heterocycles. The van der Waals surface area contributed by atoms with Crippen LogP contribution in [0.3, 0.4) is 0 Å². The van der Waals surface area contributed by atoms with Crippen molar-refractivity contribution in [1.82, 2.24) is 4.90 Å². The van der Waals surface area contributed by atoms with Crippen LogP contribution in [0.4, 0.5) is 5.69 Å². The van der Waals surface area contributed by atoms with E-state index in [1.54, 1.807) is 0 Å². The van der Waals surface area contributed by atoms with Gasteiger partial charge in [-0.1, -0.05) is 31.0 Å². The van der Waals surface area contributed by atoms with E-state index >= 15 is 0 Å². The number of hydrogen-bond donors (Lipinski definition) is 0. The molecule has 1 aliphatic heterocycles. The molecule has 0 atom stereocenters. The van der Waals surface area contributed by atoms with Crippen molar-refractivity contribution < 1.29 is 0 Å². The molecule has 2 aliphatic rings. The van der Waals surface area contributed by atoms with Gasteiger partial charge in [0.15, 0.2) is 0 Å². The van der Waals surface area contributed by atoms with Crippen LogP contribution >= 0.6 is 0 Å². The molecule has 17 heavy (non-hydrogen) atoms. The summed E-state index contributed by atoms with van der Waals surface area (Å²) < 4.78 is 0. The molecule has 1 fully saturated rings. The minimum absolute atomic E-state index is 0.229. The van der Waals surface area contributed by atoms with Gasteiger partial charge < -0.3 is 4.90 Å². The van der Waals surface area contributed by atoms with Crippen molar-refractivity contribution in [3.63, 3.8) is 0 Å². The number of nitrogens with zero attached hydrogens (tertiary/aromatic N) is 2. The van der Waals surface area contributed by atoms with Gasteiger partial charge in [-0.2, -0.15) is 0 Å². The van der Waals surface area contributed by atoms with Crippen LogP contribution in [-0.4, -0.2) is 17.8 Å². The molecule has 0 N–H and O–H groups in total. The van der Waals surface area contributed by atoms with Gasteiger partial charge in [-0.05, 0) is 32.3 Å². The Morgan fingerprint density at radius 1 is 1.18 bits per heavy atom. The summed E-state index contributed by atoms with van der Waals surface area (Å²) in [4.78, 5) is 7.19. The number of hydrogen-bond acceptors (Lipinski definition) is 2. The second-order valence-corrected chi connectivity index (χ2v) is 5.43. The maximum atomic E-state index is 4.79. The zero-order chi connectivity index (χ0) is 12.0. The largest absolute Gasteiger partial charge is 0.354 e. The number of amidine groups is 1. The predicted molar refractivity (Wildman–Crippen MR) is 71.9 cm³/mol. The third kappa shape index (κ3) is 1.36. The average Bonchev–Trinajstić information content (AvgIpc) is 2.79. The Balaban J connectivity index is 2.26. The highest BCUT2D eigenvalue weighted by Crippen LogP contribution is 2.49. The maximum absolute atomic E-state index is 4.79. The van der Waals surface area contributed by atoms with Gasteiger partial charge in [-0.25, -0.2) is 4.99 Å². The summed E-state index contributed by atoms with van der Waals surface area (Å²) in [5.74, 6) is 1.16. The number of benzene rings is 1. The first-order chi connectivity index (χ1) is 8.15. The van der Waals surface area contributed by atoms with E-state index in [2.05, 4.69) is 44.0 Å². The molecule has 1 saturated carbocycles. The first kappa shape index (κ1) is 10.8. The van der Waals surface area contributed by atoms with Crippen molar-refractivity contribution in [3.05, 3.63) is 29.3 Å². The molecule has 2 nitrogen and oxygen atoms in total. The summed E-state index contributed by atoms with van der Waals surface area (Å²) in [6, 6.07) is 6.63. The fraction of sp³-hybridized carbons (Fsp3) is 0.533. The lowest BCUT2D eigenvalue weighted by molar-refractivity contribution is 0.207. The van der Waals surface area contributed by atoms with Crippen LogP contribution in [0.1, 0.15) is 43.7 Å². The Kier molecular flexibility index (Phi) is 2.29. The molecule has 0 radical (unpaired) electrons. The van der Waals surface area contributed by atoms with Crippen LogP contribution in [0.25, 0.3) is 0 Å². The fourth-order valence-corrected chi connectivity index (χ4v) is 3.47. The van der Waals surface area contributed by atoms with Crippen LogP contribution in [-0.2, 0) is 5.54 Å². The van der Waals surface area contributed by atoms with Crippen molar-refractivity contribution in [2.75, 3.05) is 7.05 Å². The summed E-state index contributed by atoms with van der Waals surface area (Å²) >= 11 is 0. The van der Waals surface area contributed by atoms with Crippen molar-refractivity contribution in [2.24, 2.45) is 4.99 Å². The lowest BCUT2D eigenvalue weighted by atomic mass is 9.83. The minimum atomic E-state index is 0.229. The van der Waals surface area contributed by atoms with Crippen molar-refractivity contribution in [1.29, 1.82) is 0 Å². The van der Waals surface area contributed by atoms with E-state index in [1.165, 1.54) is 42.5 Å². The smallest absolute Gasteiger partial charge is 0.102 e. The van der Waals surface area contributed by atoms with Gasteiger partial charge in [0.25, 0.3) is 0 Å². The molecule has 0 bridgehead atoms. The van der Waals surface area contributed by atoms with Gasteiger partial charge in [-0.3, -0.25) is 0 Å². The molecule has 1 aromatic carbocycles. The highest BCUT2D eigenvalue weighted by atomic mass is 15.2. The zero-order valence-electron chi connectivity index (χ0n) is 11.0. The quantitative estimate of drug-likeness (QED) is 0.660. The van der Waals surface area contributed by atoms with Gasteiger partial charge in [0.1, 0.15) is 5.84 Å². The van der Waals surface area contributed by atoms with Gasteiger partial charge in [0.05, 0.1) is 11.2 Å². The molecule has 2 heteroatoms. The summed E-state index contributed by atoms with van der Waals surface area (Å²) in [6.45, 7) is 4.30. The van der Waals surface area contributed by atoms with E-state index < -0.39 is 0 Å². The molecular formula is C15H20N2. The van der Waals surface area contributed by atoms with Gasteiger partial charge in [-0.15, -0.1) is 0 Å². The Morgan fingerprint density at radius 3 is 2.59 bits per heavy atom. The predicted octanol–water partition coefficient (Wildman–Crippen LogP) is 3.76. The van der Waals surface area contributed by atoms with Gasteiger partial charge >= 0.3 is 0 Å². The standard InChI is InChI=1S/C15H20N2/c1-11-7-6-8-13-14(11)16-12(2)17(3)15(13)9-4-5-10-15/h6-8H,4-5,9-10H2,1-3H3. The van der Waals surface area contributed by atoms with E-state index in [9.17, 15) is 0 Å². The summed E-state index contributed by atoms with van der Waals surface area (Å²) in [5, 5.41) is 0. The molecule has 0 unspecified atom stereocenters. The first-order valence-corrected chi connectivity index (χ1v) is 6.54. The van der Waals surface area contributed by atoms with E-state index in [4.69, 9.17) is 4.99 Å². The highest BCUT2D eigenvalue weighted by molar-refractivity contribution is 5.87. The summed E-state index contributed by atoms with van der Waals surface area (Å²) in [7, 11) is 2.20. The summed E-state index contributed by atoms with van der Waals surface area (Å²) in [5.41, 5.74) is 4.21. The molecular weight excluding hydrogens is 208 g/mol. The van der Waals surface area contributed by atoms with E-state index in [-0.39, 0.29) is 5.54 Å². The molecule has 1 spiro atoms. The number of fused-ring (bicyclic) bond motifs is 2. The lowest BCUT2D eigenvalue weighted by Crippen LogP contribution is -2.46. The summed E-state index contributed by atoms with van der Waals surface area (Å²) in [6.07, 6.45) is 5.22. The fourth-order valence-electron chi connectivity index (χ4n) is 3.47. The van der Waals surface area contributed by atoms with Gasteiger partial charge in [0, 0.05) is 12.6 Å². The van der Waals surface area contributed by atoms with Crippen LogP contribution in [0.5, 0.6) is 0 Å².